The number of primary amides is 2. The molecule has 46 heavy (non-hydrogen) atoms. The molecule has 2 amide bonds. The van der Waals surface area contributed by atoms with Gasteiger partial charge in [0.15, 0.2) is 0 Å². The molecule has 0 aromatic heterocycles. The van der Waals surface area contributed by atoms with E-state index in [1.165, 1.54) is 12.0 Å². The number of fused-ring (bicyclic) bond motifs is 5. The van der Waals surface area contributed by atoms with Gasteiger partial charge >= 0.3 is 0 Å². The number of benzene rings is 1. The number of rotatable bonds is 16. The summed E-state index contributed by atoms with van der Waals surface area (Å²) in [6, 6.07) is 6.14. The van der Waals surface area contributed by atoms with E-state index in [1.807, 2.05) is 6.07 Å². The van der Waals surface area contributed by atoms with E-state index in [-0.39, 0.29) is 28.7 Å². The molecule has 0 saturated heterocycles. The largest absolute Gasteiger partial charge is 0.493 e. The number of aliphatic hydroxyl groups excluding tert-OH is 1. The molecule has 1 aromatic carbocycles. The van der Waals surface area contributed by atoms with Crippen molar-refractivity contribution in [3.05, 3.63) is 23.8 Å². The van der Waals surface area contributed by atoms with Gasteiger partial charge in [0.1, 0.15) is 17.3 Å². The van der Waals surface area contributed by atoms with Crippen molar-refractivity contribution in [1.82, 2.24) is 0 Å². The molecule has 0 spiro atoms. The van der Waals surface area contributed by atoms with E-state index >= 15 is 0 Å². The molecule has 0 heterocycles. The molecule has 4 aliphatic rings. The maximum Gasteiger partial charge on any atom is 0.217 e. The Kier molecular flexibility index (Phi) is 11.4. The molecule has 5 N–H and O–H groups in total. The third-order valence-electron chi connectivity index (χ3n) is 12.8. The number of unbranched alkanes of at least 4 members (excludes halogenated alkanes) is 2. The molecular weight excluding hydrogens is 580 g/mol. The average molecular weight is 639 g/mol. The molecule has 5 rings (SSSR count). The molecular formula is C38H58N2O6. The van der Waals surface area contributed by atoms with Gasteiger partial charge in [0, 0.05) is 31.7 Å². The molecule has 4 aliphatic carbocycles. The highest BCUT2D eigenvalue weighted by molar-refractivity contribution is 5.79. The molecule has 0 bridgehead atoms. The predicted octanol–water partition coefficient (Wildman–Crippen LogP) is 6.28. The standard InChI is InChI=1S/C38H58N2O6/c1-37-16-14-28(41)23-27(37)22-26(36-31-12-13-33(42)38(31,2)17-15-32(36)37)9-7-8-25-20-29(45-18-5-3-10-34(39)43)24-30(21-25)46-19-6-4-11-35(40)44/h20-21,24,26-27,31-33,36,42H,3-19,22-23H2,1-2H3,(H2,39,43)(H2,40,44)/t26-,27?,31+,32+,33+,36+,37+,38+/m1/s1. The first kappa shape index (κ1) is 34.7. The summed E-state index contributed by atoms with van der Waals surface area (Å²) in [5.74, 6) is 4.30. The van der Waals surface area contributed by atoms with Crippen LogP contribution in [0.25, 0.3) is 0 Å². The maximum absolute atomic E-state index is 12.7. The normalized spacial score (nSPS) is 33.5. The maximum atomic E-state index is 12.7. The number of carbonyl (C=O) groups excluding carboxylic acids is 3. The van der Waals surface area contributed by atoms with Gasteiger partial charge in [-0.3, -0.25) is 14.4 Å². The fourth-order valence-electron chi connectivity index (χ4n) is 10.2. The van der Waals surface area contributed by atoms with Crippen LogP contribution in [-0.2, 0) is 20.8 Å². The van der Waals surface area contributed by atoms with Gasteiger partial charge in [-0.25, -0.2) is 0 Å². The Morgan fingerprint density at radius 3 is 2.11 bits per heavy atom. The minimum Gasteiger partial charge on any atom is -0.493 e. The van der Waals surface area contributed by atoms with Crippen molar-refractivity contribution >= 4 is 17.6 Å². The number of nitrogens with two attached hydrogens (primary N) is 2. The van der Waals surface area contributed by atoms with Gasteiger partial charge in [-0.1, -0.05) is 13.8 Å². The predicted molar refractivity (Wildman–Crippen MR) is 178 cm³/mol. The second-order valence-corrected chi connectivity index (χ2v) is 15.6. The molecule has 0 aliphatic heterocycles. The van der Waals surface area contributed by atoms with Crippen molar-refractivity contribution < 1.29 is 29.0 Å². The zero-order valence-electron chi connectivity index (χ0n) is 28.3. The van der Waals surface area contributed by atoms with Crippen LogP contribution in [0, 0.1) is 40.4 Å². The zero-order chi connectivity index (χ0) is 32.9. The lowest BCUT2D eigenvalue weighted by molar-refractivity contribution is -0.156. The van der Waals surface area contributed by atoms with Crippen LogP contribution in [0.1, 0.15) is 122 Å². The Balaban J connectivity index is 1.26. The quantitative estimate of drug-likeness (QED) is 0.182. The monoisotopic (exact) mass is 638 g/mol. The van der Waals surface area contributed by atoms with Gasteiger partial charge in [0.2, 0.25) is 11.8 Å². The summed E-state index contributed by atoms with van der Waals surface area (Å²) in [5, 5.41) is 11.1. The molecule has 4 fully saturated rings. The van der Waals surface area contributed by atoms with Crippen molar-refractivity contribution in [2.45, 2.75) is 129 Å². The van der Waals surface area contributed by atoms with Crippen molar-refractivity contribution in [2.24, 2.45) is 51.9 Å². The Morgan fingerprint density at radius 1 is 0.848 bits per heavy atom. The van der Waals surface area contributed by atoms with Crippen molar-refractivity contribution in [2.75, 3.05) is 13.2 Å². The Bertz CT molecular complexity index is 1190. The number of aryl methyl sites for hydroxylation is 1. The number of hydrogen-bond acceptors (Lipinski definition) is 6. The second-order valence-electron chi connectivity index (χ2n) is 15.6. The number of Topliss-reactive ketones (excluding diaryl/α,β-unsaturated/α-hetero) is 1. The van der Waals surface area contributed by atoms with Gasteiger partial charge in [-0.05, 0) is 142 Å². The lowest BCUT2D eigenvalue weighted by atomic mass is 9.42. The van der Waals surface area contributed by atoms with Crippen LogP contribution in [-0.4, -0.2) is 42.0 Å². The first-order valence-electron chi connectivity index (χ1n) is 18.2. The summed E-state index contributed by atoms with van der Waals surface area (Å²) in [4.78, 5) is 34.8. The van der Waals surface area contributed by atoms with Gasteiger partial charge in [-0.15, -0.1) is 0 Å². The molecule has 1 unspecified atom stereocenters. The summed E-state index contributed by atoms with van der Waals surface area (Å²) in [6.45, 7) is 5.87. The number of carbonyl (C=O) groups is 3. The molecule has 8 atom stereocenters. The Hall–Kier alpha value is -2.61. The van der Waals surface area contributed by atoms with Crippen LogP contribution in [0.3, 0.4) is 0 Å². The molecule has 256 valence electrons. The fraction of sp³-hybridized carbons (Fsp3) is 0.763. The number of hydrogen-bond donors (Lipinski definition) is 3. The van der Waals surface area contributed by atoms with Crippen LogP contribution < -0.4 is 20.9 Å². The molecule has 8 nitrogen and oxygen atoms in total. The molecule has 0 radical (unpaired) electrons. The summed E-state index contributed by atoms with van der Waals surface area (Å²) >= 11 is 0. The van der Waals surface area contributed by atoms with Crippen LogP contribution in [0.15, 0.2) is 18.2 Å². The van der Waals surface area contributed by atoms with Crippen LogP contribution in [0.4, 0.5) is 0 Å². The van der Waals surface area contributed by atoms with Crippen molar-refractivity contribution in [3.8, 4) is 11.5 Å². The van der Waals surface area contributed by atoms with E-state index < -0.39 is 0 Å². The minimum atomic E-state index is -0.292. The summed E-state index contributed by atoms with van der Waals surface area (Å²) in [5.41, 5.74) is 12.0. The third kappa shape index (κ3) is 7.91. The Morgan fingerprint density at radius 2 is 1.48 bits per heavy atom. The van der Waals surface area contributed by atoms with Gasteiger partial charge < -0.3 is 26.0 Å². The zero-order valence-corrected chi connectivity index (χ0v) is 28.3. The van der Waals surface area contributed by atoms with E-state index in [0.717, 1.165) is 88.5 Å². The highest BCUT2D eigenvalue weighted by Gasteiger charge is 2.62. The number of ketones is 1. The topological polar surface area (TPSA) is 142 Å². The fourth-order valence-corrected chi connectivity index (χ4v) is 10.2. The van der Waals surface area contributed by atoms with E-state index in [2.05, 4.69) is 26.0 Å². The first-order chi connectivity index (χ1) is 22.0. The van der Waals surface area contributed by atoms with Crippen LogP contribution in [0.5, 0.6) is 11.5 Å². The van der Waals surface area contributed by atoms with E-state index in [9.17, 15) is 19.5 Å². The third-order valence-corrected chi connectivity index (χ3v) is 12.8. The van der Waals surface area contributed by atoms with E-state index in [4.69, 9.17) is 20.9 Å². The van der Waals surface area contributed by atoms with Gasteiger partial charge in [-0.2, -0.15) is 0 Å². The molecule has 8 heteroatoms. The van der Waals surface area contributed by atoms with Gasteiger partial charge in [0.05, 0.1) is 19.3 Å². The lowest BCUT2D eigenvalue weighted by Gasteiger charge is -2.62. The molecule has 4 saturated carbocycles. The highest BCUT2D eigenvalue weighted by Crippen LogP contribution is 2.67. The highest BCUT2D eigenvalue weighted by atomic mass is 16.5. The minimum absolute atomic E-state index is 0.0277. The Labute approximate surface area is 275 Å². The van der Waals surface area contributed by atoms with Gasteiger partial charge in [0.25, 0.3) is 0 Å². The van der Waals surface area contributed by atoms with E-state index in [0.29, 0.717) is 74.3 Å². The number of ether oxygens (including phenoxy) is 2. The summed E-state index contributed by atoms with van der Waals surface area (Å²) in [6.07, 6.45) is 14.6. The second kappa shape index (κ2) is 15.1. The summed E-state index contributed by atoms with van der Waals surface area (Å²) in [7, 11) is 0. The average Bonchev–Trinajstić information content (AvgIpc) is 3.31. The van der Waals surface area contributed by atoms with E-state index in [1.54, 1.807) is 0 Å². The van der Waals surface area contributed by atoms with Crippen LogP contribution >= 0.6 is 0 Å². The number of amides is 2. The smallest absolute Gasteiger partial charge is 0.217 e. The SMILES string of the molecule is C[C@]12CC[C@H]3[C@@H]([C@H](CCCc4cc(OCCCCC(N)=O)cc(OCCCCC(N)=O)c4)CC4CC(=O)CC[C@@]43C)[C@@H]1CC[C@@H]2O. The molecule has 1 aromatic rings. The lowest BCUT2D eigenvalue weighted by Crippen LogP contribution is -2.57. The van der Waals surface area contributed by atoms with Crippen LogP contribution in [0.2, 0.25) is 0 Å². The number of aliphatic hydroxyl groups is 1. The van der Waals surface area contributed by atoms with Crippen molar-refractivity contribution in [3.63, 3.8) is 0 Å². The first-order valence-corrected chi connectivity index (χ1v) is 18.2. The summed E-state index contributed by atoms with van der Waals surface area (Å²) < 4.78 is 12.2. The van der Waals surface area contributed by atoms with Crippen molar-refractivity contribution in [1.29, 1.82) is 0 Å².